The van der Waals surface area contributed by atoms with Gasteiger partial charge in [-0.1, -0.05) is 105 Å². The molecule has 25 nitrogen and oxygen atoms in total. The van der Waals surface area contributed by atoms with Gasteiger partial charge in [0.2, 0.25) is 0 Å². The second-order valence-corrected chi connectivity index (χ2v) is 32.0. The molecule has 5 heterocycles. The lowest BCUT2D eigenvalue weighted by Gasteiger charge is -2.49. The van der Waals surface area contributed by atoms with Crippen molar-refractivity contribution >= 4 is 40.0 Å². The zero-order chi connectivity index (χ0) is 77.5. The third kappa shape index (κ3) is 24.0. The van der Waals surface area contributed by atoms with Crippen LogP contribution in [0.25, 0.3) is 6.08 Å². The van der Waals surface area contributed by atoms with E-state index in [2.05, 4.69) is 11.1 Å². The Morgan fingerprint density at radius 2 is 1.38 bits per heavy atom. The van der Waals surface area contributed by atoms with Crippen LogP contribution in [0.4, 0.5) is 0 Å². The number of nitrogens with zero attached hydrogens (tertiary/aromatic N) is 1. The first kappa shape index (κ1) is 88.7. The molecule has 0 bridgehead atoms. The van der Waals surface area contributed by atoms with Crippen LogP contribution in [-0.4, -0.2) is 208 Å². The number of benzene rings is 2. The molecule has 0 spiro atoms. The lowest BCUT2D eigenvalue weighted by molar-refractivity contribution is -0.319. The third-order valence-electron chi connectivity index (χ3n) is 21.0. The normalized spacial score (nSPS) is 33.0. The van der Waals surface area contributed by atoms with Crippen LogP contribution in [0.3, 0.4) is 0 Å². The van der Waals surface area contributed by atoms with E-state index in [0.717, 1.165) is 18.4 Å². The van der Waals surface area contributed by atoms with Crippen molar-refractivity contribution in [3.8, 4) is 23.0 Å². The highest BCUT2D eigenvalue weighted by molar-refractivity contribution is 7.80. The molecular weight excluding hydrogens is 1350 g/mol. The smallest absolute Gasteiger partial charge is 0.397 e. The number of hydrogen-bond acceptors (Lipinski definition) is 24. The maximum absolute atomic E-state index is 14.2. The lowest BCUT2D eigenvalue weighted by Crippen LogP contribution is -2.61. The number of aliphatic hydroxyl groups is 5. The summed E-state index contributed by atoms with van der Waals surface area (Å²) in [5, 5.41) is 67.4. The molecule has 0 radical (unpaired) electrons. The number of ether oxygens (including phenoxy) is 10. The Morgan fingerprint density at radius 3 is 1.95 bits per heavy atom. The topological polar surface area (TPSA) is 349 Å². The lowest BCUT2D eigenvalue weighted by atomic mass is 9.74. The quantitative estimate of drug-likeness (QED) is 0.0210. The number of cyclic esters (lactones) is 1. The van der Waals surface area contributed by atoms with Gasteiger partial charge >= 0.3 is 22.3 Å². The van der Waals surface area contributed by atoms with E-state index >= 15 is 0 Å². The molecule has 7 rings (SSSR count). The van der Waals surface area contributed by atoms with Crippen LogP contribution >= 0.6 is 0 Å². The monoisotopic (exact) mass is 1480 g/mol. The molecular formula is C77H125NO24S. The molecule has 5 aliphatic rings. The van der Waals surface area contributed by atoms with Crippen LogP contribution in [-0.2, 0) is 75.0 Å². The molecule has 0 aliphatic carbocycles. The standard InChI is InChI=1S/C40H71NO14.C25H28O6.C12H26O4S/c1-15-27-40(11,48)33(44)22(5)30(43)20(3)18-38(9,47)35(55-37-32(53-28(42)16-2)26(41(12)13)17-21(4)50-37)23(6)31(24(7)36(46)52-27)54-29-19-39(10,49-14)34(45)25(8)51-29;1-24(2)9-8-16-20(30-24)7-6-14(23(16)29-5)11-18(26)17-10-15-12-22(28)25(3,4)31-21(15)13-19(17)27;1-2-3-4-5-6-7-8-9-10-11-12-16-17(13,14)15/h20-27,29,31-35,37,44-45,47-48H,15-19H2,1-14H3;6-10,13,22,27-28H,11-12H2,1-5H3;2-12H2,1H3,(H,13,14,15). The number of esters is 2. The summed E-state index contributed by atoms with van der Waals surface area (Å²) >= 11 is 0. The summed E-state index contributed by atoms with van der Waals surface area (Å²) in [4.78, 5) is 56.0. The number of phenolic OH excluding ortho intramolecular Hbond substituents is 1. The number of carbonyl (C=O) groups excluding carboxylic acids is 4. The number of aliphatic hydroxyl groups excluding tert-OH is 3. The van der Waals surface area contributed by atoms with Gasteiger partial charge in [0.05, 0.1) is 84.6 Å². The summed E-state index contributed by atoms with van der Waals surface area (Å²) < 4.78 is 94.0. The third-order valence-corrected chi connectivity index (χ3v) is 21.4. The second-order valence-electron chi connectivity index (χ2n) is 30.9. The average molecular weight is 1480 g/mol. The van der Waals surface area contributed by atoms with Gasteiger partial charge in [0, 0.05) is 62.2 Å². The number of rotatable bonds is 25. The van der Waals surface area contributed by atoms with Crippen LogP contribution in [0.2, 0.25) is 0 Å². The van der Waals surface area contributed by atoms with Gasteiger partial charge < -0.3 is 82.9 Å². The molecule has 2 aromatic rings. The van der Waals surface area contributed by atoms with Crippen LogP contribution < -0.4 is 14.2 Å². The SMILES string of the molecule is CCC(=O)OC1C(OC2C(C)C(OC3CC(C)(OC)C(O)C(C)O3)C(C)C(=O)OC(CC)C(C)(O)C(O)C(C)C(=O)C(C)CC2(C)O)OC(C)CC1N(C)C.CCCCCCCCCCCCOS(=O)(=O)O.COc1c(CC(=O)c2cc3c(cc2O)OC(C)(C)C(O)C3)ccc2c1C=CC(C)(C)O2. The average Bonchev–Trinajstić information content (AvgIpc) is 0.782. The number of likely N-dealkylation sites (N-methyl/N-ethyl adjacent to an activating group) is 1. The van der Waals surface area contributed by atoms with E-state index in [4.69, 9.17) is 51.9 Å². The Balaban J connectivity index is 0.000000329. The number of carbonyl (C=O) groups is 4. The predicted molar refractivity (Wildman–Crippen MR) is 387 cm³/mol. The van der Waals surface area contributed by atoms with Crippen LogP contribution in [0.1, 0.15) is 234 Å². The molecule has 7 N–H and O–H groups in total. The van der Waals surface area contributed by atoms with Gasteiger partial charge in [-0.3, -0.25) is 23.7 Å². The van der Waals surface area contributed by atoms with Crippen molar-refractivity contribution in [3.63, 3.8) is 0 Å². The first-order valence-corrected chi connectivity index (χ1v) is 38.3. The van der Waals surface area contributed by atoms with Gasteiger partial charge in [0.1, 0.15) is 57.8 Å². The van der Waals surface area contributed by atoms with Crippen LogP contribution in [0.5, 0.6) is 23.0 Å². The van der Waals surface area contributed by atoms with Crippen molar-refractivity contribution < 1.29 is 114 Å². The maximum Gasteiger partial charge on any atom is 0.397 e. The number of Topliss-reactive ketones (excluding diaryl/α,β-unsaturated/α-hetero) is 2. The van der Waals surface area contributed by atoms with Gasteiger partial charge in [0.15, 0.2) is 24.5 Å². The summed E-state index contributed by atoms with van der Waals surface area (Å²) in [6.07, 6.45) is 5.77. The number of phenols is 1. The Kier molecular flexibility index (Phi) is 32.9. The highest BCUT2D eigenvalue weighted by atomic mass is 32.3. The number of ketones is 2. The first-order valence-electron chi connectivity index (χ1n) is 37.0. The van der Waals surface area contributed by atoms with E-state index in [1.807, 2.05) is 64.1 Å². The first-order chi connectivity index (χ1) is 47.9. The second kappa shape index (κ2) is 38.3. The molecule has 103 heavy (non-hydrogen) atoms. The fourth-order valence-electron chi connectivity index (χ4n) is 14.5. The number of unbranched alkanes of at least 4 members (excludes halogenated alkanes) is 9. The summed E-state index contributed by atoms with van der Waals surface area (Å²) in [5.41, 5.74) is -3.70. The van der Waals surface area contributed by atoms with E-state index in [1.165, 1.54) is 78.9 Å². The summed E-state index contributed by atoms with van der Waals surface area (Å²) in [6.45, 7) is 27.8. The molecule has 0 amide bonds. The Morgan fingerprint density at radius 1 is 0.757 bits per heavy atom. The summed E-state index contributed by atoms with van der Waals surface area (Å²) in [5.74, 6) is -4.21. The van der Waals surface area contributed by atoms with Crippen molar-refractivity contribution in [1.82, 2.24) is 4.90 Å². The van der Waals surface area contributed by atoms with E-state index in [-0.39, 0.29) is 68.0 Å². The Bertz CT molecular complexity index is 3220. The van der Waals surface area contributed by atoms with E-state index < -0.39 is 141 Å². The van der Waals surface area contributed by atoms with Gasteiger partial charge in [-0.15, -0.1) is 0 Å². The van der Waals surface area contributed by atoms with Crippen molar-refractivity contribution in [2.24, 2.45) is 23.7 Å². The minimum atomic E-state index is -4.23. The molecule has 5 aliphatic heterocycles. The molecule has 19 unspecified atom stereocenters. The van der Waals surface area contributed by atoms with Gasteiger partial charge in [-0.2, -0.15) is 8.42 Å². The van der Waals surface area contributed by atoms with Crippen LogP contribution in [0, 0.1) is 23.7 Å². The molecule has 3 fully saturated rings. The molecule has 588 valence electrons. The number of fused-ring (bicyclic) bond motifs is 2. The number of methoxy groups -OCH3 is 2. The van der Waals surface area contributed by atoms with Crippen molar-refractivity contribution in [1.29, 1.82) is 0 Å². The molecule has 3 saturated heterocycles. The van der Waals surface area contributed by atoms with Gasteiger partial charge in [-0.05, 0) is 139 Å². The zero-order valence-electron chi connectivity index (χ0n) is 64.9. The highest BCUT2D eigenvalue weighted by Gasteiger charge is 2.54. The minimum absolute atomic E-state index is 0.0505. The highest BCUT2D eigenvalue weighted by Crippen LogP contribution is 2.44. The number of aromatic hydroxyl groups is 1. The van der Waals surface area contributed by atoms with Gasteiger partial charge in [-0.25, -0.2) is 4.18 Å². The largest absolute Gasteiger partial charge is 0.507 e. The van der Waals surface area contributed by atoms with E-state index in [9.17, 15) is 58.2 Å². The van der Waals surface area contributed by atoms with Gasteiger partial charge in [0.25, 0.3) is 0 Å². The van der Waals surface area contributed by atoms with Crippen molar-refractivity contribution in [2.75, 3.05) is 34.9 Å². The molecule has 26 heteroatoms. The van der Waals surface area contributed by atoms with E-state index in [1.54, 1.807) is 75.5 Å². The minimum Gasteiger partial charge on any atom is -0.507 e. The molecule has 19 atom stereocenters. The summed E-state index contributed by atoms with van der Waals surface area (Å²) in [6, 6.07) is 6.40. The van der Waals surface area contributed by atoms with Crippen molar-refractivity contribution in [2.45, 2.75) is 321 Å². The van der Waals surface area contributed by atoms with E-state index in [0.29, 0.717) is 47.6 Å². The fourth-order valence-corrected chi connectivity index (χ4v) is 14.9. The molecule has 0 saturated carbocycles. The zero-order valence-corrected chi connectivity index (χ0v) is 65.7. The molecule has 0 aromatic heterocycles. The maximum atomic E-state index is 14.2. The fraction of sp³-hybridized carbons (Fsp3) is 0.766. The molecule has 2 aromatic carbocycles. The Labute approximate surface area is 612 Å². The van der Waals surface area contributed by atoms with Crippen LogP contribution in [0.15, 0.2) is 30.3 Å². The van der Waals surface area contributed by atoms with Crippen molar-refractivity contribution in [3.05, 3.63) is 52.6 Å². The number of hydrogen-bond donors (Lipinski definition) is 7. The summed E-state index contributed by atoms with van der Waals surface area (Å²) in [7, 11) is 2.54. The Hall–Kier alpha value is -4.91. The predicted octanol–water partition coefficient (Wildman–Crippen LogP) is 10.6.